The first-order chi connectivity index (χ1) is 38.7. The Morgan fingerprint density at radius 3 is 2.01 bits per heavy atom. The topological polar surface area (TPSA) is 229 Å². The molecule has 82 heavy (non-hydrogen) atoms. The first kappa shape index (κ1) is 59.8. The van der Waals surface area contributed by atoms with Crippen LogP contribution in [0.4, 0.5) is 0 Å². The van der Waals surface area contributed by atoms with Gasteiger partial charge in [-0.3, -0.25) is 24.0 Å². The van der Waals surface area contributed by atoms with Crippen molar-refractivity contribution in [3.8, 4) is 11.5 Å². The van der Waals surface area contributed by atoms with Crippen LogP contribution in [0.1, 0.15) is 132 Å². The molecule has 0 spiro atoms. The molecule has 0 unspecified atom stereocenters. The number of hydrogen-bond donors (Lipinski definition) is 3. The van der Waals surface area contributed by atoms with Gasteiger partial charge in [-0.1, -0.05) is 105 Å². The van der Waals surface area contributed by atoms with Gasteiger partial charge in [-0.2, -0.15) is 0 Å². The van der Waals surface area contributed by atoms with E-state index in [1.54, 1.807) is 51.1 Å². The van der Waals surface area contributed by atoms with E-state index in [4.69, 9.17) is 37.9 Å². The number of benzene rings is 4. The molecule has 2 bridgehead atoms. The highest BCUT2D eigenvalue weighted by atomic mass is 16.6. The monoisotopic (exact) mass is 1130 g/mol. The third kappa shape index (κ3) is 11.0. The van der Waals surface area contributed by atoms with Gasteiger partial charge in [0.2, 0.25) is 6.10 Å². The van der Waals surface area contributed by atoms with Crippen LogP contribution in [-0.4, -0.2) is 106 Å². The van der Waals surface area contributed by atoms with Crippen LogP contribution in [0.2, 0.25) is 0 Å². The van der Waals surface area contributed by atoms with Crippen LogP contribution in [0.5, 0.6) is 11.5 Å². The van der Waals surface area contributed by atoms with Gasteiger partial charge < -0.3 is 53.4 Å². The Bertz CT molecular complexity index is 3140. The summed E-state index contributed by atoms with van der Waals surface area (Å²) in [6, 6.07) is 26.2. The van der Waals surface area contributed by atoms with Crippen molar-refractivity contribution >= 4 is 35.6 Å². The highest BCUT2D eigenvalue weighted by Gasteiger charge is 2.78. The van der Waals surface area contributed by atoms with Crippen molar-refractivity contribution in [1.82, 2.24) is 5.32 Å². The van der Waals surface area contributed by atoms with Crippen molar-refractivity contribution in [3.05, 3.63) is 141 Å². The summed E-state index contributed by atoms with van der Waals surface area (Å²) in [5.41, 5.74) is -1.93. The van der Waals surface area contributed by atoms with E-state index in [9.17, 15) is 29.4 Å². The molecule has 3 fully saturated rings. The molecule has 17 nitrogen and oxygen atoms in total. The van der Waals surface area contributed by atoms with Gasteiger partial charge >= 0.3 is 29.8 Å². The number of fused-ring (bicyclic) bond motifs is 6. The summed E-state index contributed by atoms with van der Waals surface area (Å²) >= 11 is 0. The fraction of sp³-hybridized carbons (Fsp3) is 0.508. The smallest absolute Gasteiger partial charge is 0.350 e. The molecule has 2 saturated carbocycles. The summed E-state index contributed by atoms with van der Waals surface area (Å²) in [5, 5.41) is 29.9. The van der Waals surface area contributed by atoms with E-state index in [0.29, 0.717) is 28.2 Å². The number of carbonyl (C=O) groups is 6. The fourth-order valence-corrected chi connectivity index (χ4v) is 13.5. The molecule has 17 heteroatoms. The molecule has 4 aromatic carbocycles. The molecular formula is C65H77NO16. The Morgan fingerprint density at radius 2 is 1.40 bits per heavy atom. The molecule has 11 atom stereocenters. The normalized spacial score (nSPS) is 28.4. The average Bonchev–Trinajstić information content (AvgIpc) is 0.731. The minimum Gasteiger partial charge on any atom is -0.487 e. The SMILES string of the molecule is CC(=O)O[C@H]1C(=O)[C@@]2(C)[C@H]([C@H](OCc3ccccc3)[C@]3(O)C[C@H](OC(=O)[C@H](OC(=O)CCC(=O)Oc4c(C)c(C)c5c(c4C)OC(C)(C)CC5)[C@@H](NCc4ccccc4)c4ccccc4)C(C)=C1C3(C)C)[C@]1(OC(C)=O)CO[C@@H]1C[C@@H]2O. The zero-order valence-electron chi connectivity index (χ0n) is 48.8. The molecule has 0 amide bonds. The van der Waals surface area contributed by atoms with Gasteiger partial charge in [0.25, 0.3) is 0 Å². The van der Waals surface area contributed by atoms with Gasteiger partial charge in [-0.15, -0.1) is 0 Å². The summed E-state index contributed by atoms with van der Waals surface area (Å²) in [6.07, 6.45) is -8.76. The Kier molecular flexibility index (Phi) is 16.9. The minimum atomic E-state index is -2.22. The third-order valence-corrected chi connectivity index (χ3v) is 18.2. The molecular weight excluding hydrogens is 1050 g/mol. The molecule has 2 aliphatic heterocycles. The zero-order chi connectivity index (χ0) is 59.3. The lowest BCUT2D eigenvalue weighted by atomic mass is 9.44. The summed E-state index contributed by atoms with van der Waals surface area (Å²) < 4.78 is 50.5. The number of aliphatic hydroxyl groups is 2. The van der Waals surface area contributed by atoms with E-state index >= 15 is 9.59 Å². The van der Waals surface area contributed by atoms with Crippen LogP contribution in [0.3, 0.4) is 0 Å². The van der Waals surface area contributed by atoms with Gasteiger partial charge in [0.1, 0.15) is 34.9 Å². The predicted octanol–water partition coefficient (Wildman–Crippen LogP) is 8.42. The molecule has 9 rings (SSSR count). The number of esters is 5. The second-order valence-electron chi connectivity index (χ2n) is 24.2. The van der Waals surface area contributed by atoms with Crippen molar-refractivity contribution < 1.29 is 76.9 Å². The number of hydrogen-bond acceptors (Lipinski definition) is 17. The number of rotatable bonds is 17. The number of carbonyl (C=O) groups excluding carboxylic acids is 6. The quantitative estimate of drug-likeness (QED) is 0.0390. The molecule has 0 radical (unpaired) electrons. The maximum atomic E-state index is 15.9. The summed E-state index contributed by atoms with van der Waals surface area (Å²) in [4.78, 5) is 86.2. The van der Waals surface area contributed by atoms with Crippen molar-refractivity contribution in [1.29, 1.82) is 0 Å². The fourth-order valence-electron chi connectivity index (χ4n) is 13.5. The van der Waals surface area contributed by atoms with Gasteiger partial charge in [0.05, 0.1) is 49.7 Å². The van der Waals surface area contributed by atoms with Crippen molar-refractivity contribution in [2.75, 3.05) is 6.61 Å². The molecule has 2 heterocycles. The number of ether oxygens (including phenoxy) is 8. The van der Waals surface area contributed by atoms with E-state index in [1.807, 2.05) is 95.3 Å². The number of ketones is 1. The summed E-state index contributed by atoms with van der Waals surface area (Å²) in [7, 11) is 0. The Morgan fingerprint density at radius 1 is 0.780 bits per heavy atom. The number of Topliss-reactive ketones (excluding diaryl/α,β-unsaturated/α-hetero) is 1. The first-order valence-corrected chi connectivity index (χ1v) is 28.3. The minimum absolute atomic E-state index is 0.0942. The lowest BCUT2D eigenvalue weighted by Gasteiger charge is -2.67. The molecule has 4 aromatic rings. The molecule has 0 aromatic heterocycles. The largest absolute Gasteiger partial charge is 0.487 e. The Hall–Kier alpha value is -6.76. The van der Waals surface area contributed by atoms with Crippen LogP contribution in [0, 0.1) is 37.5 Å². The van der Waals surface area contributed by atoms with Crippen molar-refractivity contribution in [2.24, 2.45) is 16.7 Å². The highest BCUT2D eigenvalue weighted by molar-refractivity contribution is 5.95. The Labute approximate surface area is 479 Å². The zero-order valence-corrected chi connectivity index (χ0v) is 48.8. The average molecular weight is 1130 g/mol. The van der Waals surface area contributed by atoms with E-state index < -0.39 is 131 Å². The van der Waals surface area contributed by atoms with Gasteiger partial charge in [0, 0.05) is 50.1 Å². The second kappa shape index (κ2) is 23.1. The number of aliphatic hydroxyl groups excluding tert-OH is 1. The predicted molar refractivity (Wildman–Crippen MR) is 299 cm³/mol. The van der Waals surface area contributed by atoms with E-state index in [0.717, 1.165) is 42.0 Å². The molecule has 5 aliphatic rings. The summed E-state index contributed by atoms with van der Waals surface area (Å²) in [6.45, 7) is 18.4. The van der Waals surface area contributed by atoms with Crippen molar-refractivity contribution in [3.63, 3.8) is 0 Å². The maximum absolute atomic E-state index is 15.9. The molecule has 3 aliphatic carbocycles. The van der Waals surface area contributed by atoms with Gasteiger partial charge in [-0.05, 0) is 106 Å². The Balaban J connectivity index is 1.11. The van der Waals surface area contributed by atoms with Crippen LogP contribution >= 0.6 is 0 Å². The maximum Gasteiger partial charge on any atom is 0.350 e. The van der Waals surface area contributed by atoms with E-state index in [-0.39, 0.29) is 37.3 Å². The first-order valence-electron chi connectivity index (χ1n) is 28.3. The lowest BCUT2D eigenvalue weighted by molar-refractivity contribution is -0.351. The van der Waals surface area contributed by atoms with E-state index in [2.05, 4.69) is 5.32 Å². The summed E-state index contributed by atoms with van der Waals surface area (Å²) in [5.74, 6) is -5.37. The highest BCUT2D eigenvalue weighted by Crippen LogP contribution is 2.64. The molecule has 438 valence electrons. The molecule has 3 N–H and O–H groups in total. The second-order valence-corrected chi connectivity index (χ2v) is 24.2. The van der Waals surface area contributed by atoms with Crippen molar-refractivity contribution in [2.45, 2.75) is 187 Å². The van der Waals surface area contributed by atoms with E-state index in [1.165, 1.54) is 13.8 Å². The van der Waals surface area contributed by atoms with Crippen LogP contribution in [0.25, 0.3) is 0 Å². The van der Waals surface area contributed by atoms with Crippen LogP contribution in [-0.2, 0) is 76.8 Å². The van der Waals surface area contributed by atoms with Crippen LogP contribution in [0.15, 0.2) is 102 Å². The van der Waals surface area contributed by atoms with Gasteiger partial charge in [0.15, 0.2) is 17.5 Å². The number of nitrogens with one attached hydrogen (secondary N) is 1. The third-order valence-electron chi connectivity index (χ3n) is 18.2. The lowest BCUT2D eigenvalue weighted by Crippen LogP contribution is -2.81. The molecule has 1 saturated heterocycles. The van der Waals surface area contributed by atoms with Gasteiger partial charge in [-0.25, -0.2) is 4.79 Å². The standard InChI is InChI=1S/C65H77NO16/c1-36-37(2)53(39(4)54-45(36)29-30-61(7,8)82-54)79-49(70)27-28-50(71)80-56(52(44-25-19-14-20-26-44)66-33-42-21-15-12-16-22-42)60(73)78-46-32-65(74)59(75-34-43-23-17-13-18-24-43)57-63(11,47(69)31-48-64(57,35-76-48)81-41(6)68)58(72)55(77-40(5)67)51(38(46)3)62(65,9)10/h12-26,46-48,52,55-57,59,66,69,74H,27-35H2,1-11H3/t46-,47-,48+,52-,55+,56+,57-,59-,63+,64-,65+/m0/s1. The van der Waals surface area contributed by atoms with Crippen LogP contribution < -0.4 is 14.8 Å².